The minimum absolute atomic E-state index is 0.0316. The number of nitrogens with zero attached hydrogens (tertiary/aromatic N) is 2. The molecule has 2 heterocycles. The normalized spacial score (nSPS) is 15.7. The van der Waals surface area contributed by atoms with Gasteiger partial charge in [0.1, 0.15) is 5.52 Å². The third-order valence-corrected chi connectivity index (χ3v) is 5.57. The second-order valence-corrected chi connectivity index (χ2v) is 7.63. The number of aromatic nitrogens is 2. The van der Waals surface area contributed by atoms with E-state index in [2.05, 4.69) is 28.5 Å². The number of hydrogen-bond acceptors (Lipinski definition) is 4. The van der Waals surface area contributed by atoms with E-state index in [0.717, 1.165) is 67.6 Å². The summed E-state index contributed by atoms with van der Waals surface area (Å²) in [5.41, 5.74) is 5.75. The van der Waals surface area contributed by atoms with Crippen LogP contribution in [0.15, 0.2) is 40.9 Å². The van der Waals surface area contributed by atoms with E-state index in [1.54, 1.807) is 6.92 Å². The summed E-state index contributed by atoms with van der Waals surface area (Å²) in [6.07, 6.45) is 8.95. The van der Waals surface area contributed by atoms with Crippen molar-refractivity contribution in [3.8, 4) is 0 Å². The molecule has 0 saturated carbocycles. The standard InChI is InChI=1S/C23H27N3O2/c1-16(27)24-15-13-18-10-9-17-11-12-20-23(22(17)18)28-21(26-20)8-3-2-6-19-7-4-5-14-25-19/h4-5,7,11-12,14,18H,2-3,6,8-10,13,15H2,1H3,(H,24,27). The van der Waals surface area contributed by atoms with Gasteiger partial charge in [0.15, 0.2) is 11.5 Å². The molecule has 3 aromatic rings. The number of benzene rings is 1. The molecule has 2 aromatic heterocycles. The maximum atomic E-state index is 11.2. The van der Waals surface area contributed by atoms with Gasteiger partial charge in [-0.15, -0.1) is 0 Å². The van der Waals surface area contributed by atoms with Crippen LogP contribution in [0.4, 0.5) is 0 Å². The number of fused-ring (bicyclic) bond motifs is 3. The summed E-state index contributed by atoms with van der Waals surface area (Å²) >= 11 is 0. The number of amides is 1. The zero-order valence-corrected chi connectivity index (χ0v) is 16.4. The van der Waals surface area contributed by atoms with Gasteiger partial charge < -0.3 is 9.73 Å². The quantitative estimate of drug-likeness (QED) is 0.593. The number of hydrogen-bond donors (Lipinski definition) is 1. The van der Waals surface area contributed by atoms with Crippen molar-refractivity contribution in [3.05, 3.63) is 59.2 Å². The van der Waals surface area contributed by atoms with Crippen molar-refractivity contribution in [2.75, 3.05) is 6.54 Å². The van der Waals surface area contributed by atoms with E-state index in [1.165, 1.54) is 11.1 Å². The van der Waals surface area contributed by atoms with Crippen molar-refractivity contribution < 1.29 is 9.21 Å². The molecule has 0 fully saturated rings. The highest BCUT2D eigenvalue weighted by Gasteiger charge is 2.27. The number of carbonyl (C=O) groups excluding carboxylic acids is 1. The molecule has 1 amide bonds. The summed E-state index contributed by atoms with van der Waals surface area (Å²) in [5, 5.41) is 2.91. The van der Waals surface area contributed by atoms with Gasteiger partial charge in [-0.05, 0) is 68.2 Å². The minimum Gasteiger partial charge on any atom is -0.440 e. The molecule has 146 valence electrons. The van der Waals surface area contributed by atoms with Gasteiger partial charge in [-0.3, -0.25) is 9.78 Å². The predicted molar refractivity (Wildman–Crippen MR) is 109 cm³/mol. The lowest BCUT2D eigenvalue weighted by Crippen LogP contribution is -2.22. The molecule has 1 N–H and O–H groups in total. The van der Waals surface area contributed by atoms with Crippen LogP contribution >= 0.6 is 0 Å². The smallest absolute Gasteiger partial charge is 0.216 e. The number of oxazole rings is 1. The second kappa shape index (κ2) is 8.55. The molecule has 28 heavy (non-hydrogen) atoms. The first kappa shape index (κ1) is 18.7. The molecular formula is C23H27N3O2. The summed E-state index contributed by atoms with van der Waals surface area (Å²) in [6, 6.07) is 10.3. The summed E-state index contributed by atoms with van der Waals surface area (Å²) in [5.74, 6) is 1.30. The highest BCUT2D eigenvalue weighted by molar-refractivity contribution is 5.79. The maximum Gasteiger partial charge on any atom is 0.216 e. The molecule has 5 heteroatoms. The van der Waals surface area contributed by atoms with Crippen molar-refractivity contribution >= 4 is 17.0 Å². The van der Waals surface area contributed by atoms with Crippen LogP contribution < -0.4 is 5.32 Å². The Morgan fingerprint density at radius 3 is 2.93 bits per heavy atom. The van der Waals surface area contributed by atoms with Gasteiger partial charge in [0.25, 0.3) is 0 Å². The maximum absolute atomic E-state index is 11.2. The number of nitrogens with one attached hydrogen (secondary N) is 1. The number of unbranched alkanes of at least 4 members (excludes halogenated alkanes) is 1. The largest absolute Gasteiger partial charge is 0.440 e. The van der Waals surface area contributed by atoms with Crippen molar-refractivity contribution in [3.63, 3.8) is 0 Å². The average Bonchev–Trinajstić information content (AvgIpc) is 3.29. The summed E-state index contributed by atoms with van der Waals surface area (Å²) in [6.45, 7) is 2.28. The molecular weight excluding hydrogens is 350 g/mol. The third-order valence-electron chi connectivity index (χ3n) is 5.57. The van der Waals surface area contributed by atoms with E-state index in [9.17, 15) is 4.79 Å². The van der Waals surface area contributed by atoms with Gasteiger partial charge in [0, 0.05) is 37.3 Å². The van der Waals surface area contributed by atoms with E-state index in [4.69, 9.17) is 9.40 Å². The van der Waals surface area contributed by atoms with E-state index >= 15 is 0 Å². The van der Waals surface area contributed by atoms with Crippen molar-refractivity contribution in [2.24, 2.45) is 0 Å². The Morgan fingerprint density at radius 2 is 2.11 bits per heavy atom. The highest BCUT2D eigenvalue weighted by Crippen LogP contribution is 2.40. The Labute approximate surface area is 165 Å². The fourth-order valence-corrected chi connectivity index (χ4v) is 4.19. The van der Waals surface area contributed by atoms with Crippen molar-refractivity contribution in [1.29, 1.82) is 0 Å². The molecule has 0 aliphatic heterocycles. The lowest BCUT2D eigenvalue weighted by Gasteiger charge is -2.11. The molecule has 4 rings (SSSR count). The lowest BCUT2D eigenvalue weighted by atomic mass is 9.97. The molecule has 0 saturated heterocycles. The minimum atomic E-state index is 0.0316. The van der Waals surface area contributed by atoms with Crippen LogP contribution in [0.1, 0.15) is 61.2 Å². The monoisotopic (exact) mass is 377 g/mol. The fraction of sp³-hybridized carbons (Fsp3) is 0.435. The Hall–Kier alpha value is -2.69. The van der Waals surface area contributed by atoms with Crippen LogP contribution in [0.25, 0.3) is 11.1 Å². The molecule has 1 unspecified atom stereocenters. The average molecular weight is 377 g/mol. The van der Waals surface area contributed by atoms with E-state index in [-0.39, 0.29) is 5.91 Å². The van der Waals surface area contributed by atoms with Crippen LogP contribution in [-0.4, -0.2) is 22.4 Å². The Morgan fingerprint density at radius 1 is 1.21 bits per heavy atom. The molecule has 1 aliphatic rings. The summed E-state index contributed by atoms with van der Waals surface area (Å²) in [7, 11) is 0. The molecule has 1 aliphatic carbocycles. The van der Waals surface area contributed by atoms with Gasteiger partial charge in [-0.2, -0.15) is 0 Å². The third kappa shape index (κ3) is 4.24. The number of pyridine rings is 1. The fourth-order valence-electron chi connectivity index (χ4n) is 4.19. The van der Waals surface area contributed by atoms with Crippen molar-refractivity contribution in [2.45, 2.75) is 57.8 Å². The molecule has 1 aromatic carbocycles. The van der Waals surface area contributed by atoms with Crippen molar-refractivity contribution in [1.82, 2.24) is 15.3 Å². The number of aryl methyl sites for hydroxylation is 3. The first-order chi connectivity index (χ1) is 13.7. The molecule has 0 bridgehead atoms. The Kier molecular flexibility index (Phi) is 5.70. The Bertz CT molecular complexity index is 949. The number of rotatable bonds is 8. The van der Waals surface area contributed by atoms with Crippen LogP contribution in [0.3, 0.4) is 0 Å². The number of carbonyl (C=O) groups is 1. The van der Waals surface area contributed by atoms with Crippen LogP contribution in [0.2, 0.25) is 0 Å². The second-order valence-electron chi connectivity index (χ2n) is 7.63. The molecule has 1 atom stereocenters. The van der Waals surface area contributed by atoms with E-state index in [1.807, 2.05) is 18.3 Å². The Balaban J connectivity index is 1.40. The lowest BCUT2D eigenvalue weighted by molar-refractivity contribution is -0.118. The highest BCUT2D eigenvalue weighted by atomic mass is 16.3. The van der Waals surface area contributed by atoms with Gasteiger partial charge >= 0.3 is 0 Å². The predicted octanol–water partition coefficient (Wildman–Crippen LogP) is 4.34. The van der Waals surface area contributed by atoms with Gasteiger partial charge in [0.05, 0.1) is 0 Å². The van der Waals surface area contributed by atoms with E-state index in [0.29, 0.717) is 12.5 Å². The first-order valence-electron chi connectivity index (χ1n) is 10.3. The van der Waals surface area contributed by atoms with Crippen LogP contribution in [0, 0.1) is 0 Å². The van der Waals surface area contributed by atoms with Gasteiger partial charge in [-0.25, -0.2) is 4.98 Å². The summed E-state index contributed by atoms with van der Waals surface area (Å²) < 4.78 is 6.21. The topological polar surface area (TPSA) is 68.0 Å². The first-order valence-corrected chi connectivity index (χ1v) is 10.3. The zero-order chi connectivity index (χ0) is 19.3. The zero-order valence-electron chi connectivity index (χ0n) is 16.4. The molecule has 0 radical (unpaired) electrons. The van der Waals surface area contributed by atoms with Gasteiger partial charge in [0.2, 0.25) is 5.91 Å². The summed E-state index contributed by atoms with van der Waals surface area (Å²) in [4.78, 5) is 20.3. The SMILES string of the molecule is CC(=O)NCCC1CCc2ccc3nc(CCCCc4ccccn4)oc3c21. The molecule has 0 spiro atoms. The van der Waals surface area contributed by atoms with Crippen LogP contribution in [0.5, 0.6) is 0 Å². The van der Waals surface area contributed by atoms with E-state index < -0.39 is 0 Å². The molecule has 5 nitrogen and oxygen atoms in total. The van der Waals surface area contributed by atoms with Crippen LogP contribution in [-0.2, 0) is 24.1 Å². The van der Waals surface area contributed by atoms with Gasteiger partial charge in [-0.1, -0.05) is 12.1 Å².